The van der Waals surface area contributed by atoms with Crippen LogP contribution in [0.2, 0.25) is 0 Å². The number of nitrogens with one attached hydrogen (secondary N) is 4. The Labute approximate surface area is 226 Å². The van der Waals surface area contributed by atoms with E-state index in [9.17, 15) is 4.79 Å². The van der Waals surface area contributed by atoms with Gasteiger partial charge in [-0.2, -0.15) is 0 Å². The summed E-state index contributed by atoms with van der Waals surface area (Å²) in [4.78, 5) is 25.0. The SMILES string of the molecule is CNc1cc2nc(-c3ccc4c(c3)nc(NCCCCNC(=O)CC(C)C)c3nnc(C)n34)[nH]c2cc1OC. The average Bonchev–Trinajstić information content (AvgIpc) is 3.52. The lowest BCUT2D eigenvalue weighted by Crippen LogP contribution is -2.25. The van der Waals surface area contributed by atoms with Crippen LogP contribution in [0.5, 0.6) is 5.75 Å². The largest absolute Gasteiger partial charge is 0.495 e. The van der Waals surface area contributed by atoms with Crippen molar-refractivity contribution in [2.45, 2.75) is 40.0 Å². The molecule has 5 rings (SSSR count). The van der Waals surface area contributed by atoms with Gasteiger partial charge in [-0.15, -0.1) is 10.2 Å². The van der Waals surface area contributed by atoms with E-state index in [1.165, 1.54) is 0 Å². The number of aryl methyl sites for hydroxylation is 1. The van der Waals surface area contributed by atoms with Gasteiger partial charge in [-0.05, 0) is 49.9 Å². The fraction of sp³-hybridized carbons (Fsp3) is 0.393. The van der Waals surface area contributed by atoms with Gasteiger partial charge in [0.1, 0.15) is 17.4 Å². The van der Waals surface area contributed by atoms with E-state index >= 15 is 0 Å². The third kappa shape index (κ3) is 5.43. The average molecular weight is 530 g/mol. The van der Waals surface area contributed by atoms with Gasteiger partial charge in [-0.1, -0.05) is 13.8 Å². The maximum atomic E-state index is 11.8. The number of hydrogen-bond acceptors (Lipinski definition) is 8. The summed E-state index contributed by atoms with van der Waals surface area (Å²) in [6, 6.07) is 9.99. The van der Waals surface area contributed by atoms with Crippen molar-refractivity contribution in [3.63, 3.8) is 0 Å². The Hall–Kier alpha value is -4.41. The van der Waals surface area contributed by atoms with E-state index < -0.39 is 0 Å². The molecule has 0 spiro atoms. The molecule has 4 N–H and O–H groups in total. The summed E-state index contributed by atoms with van der Waals surface area (Å²) < 4.78 is 7.51. The Morgan fingerprint density at radius 1 is 1.08 bits per heavy atom. The van der Waals surface area contributed by atoms with Crippen molar-refractivity contribution in [2.75, 3.05) is 37.9 Å². The Balaban J connectivity index is 1.38. The molecule has 0 radical (unpaired) electrons. The molecule has 1 amide bonds. The second kappa shape index (κ2) is 11.1. The molecule has 3 heterocycles. The van der Waals surface area contributed by atoms with Crippen molar-refractivity contribution in [2.24, 2.45) is 5.92 Å². The van der Waals surface area contributed by atoms with Gasteiger partial charge >= 0.3 is 0 Å². The number of nitrogens with zero attached hydrogens (tertiary/aromatic N) is 5. The van der Waals surface area contributed by atoms with Crippen LogP contribution in [-0.2, 0) is 4.79 Å². The highest BCUT2D eigenvalue weighted by atomic mass is 16.5. The van der Waals surface area contributed by atoms with Crippen LogP contribution < -0.4 is 20.7 Å². The van der Waals surface area contributed by atoms with E-state index in [0.717, 1.165) is 63.6 Å². The molecule has 0 bridgehead atoms. The molecule has 0 unspecified atom stereocenters. The Bertz CT molecular complexity index is 1600. The minimum Gasteiger partial charge on any atom is -0.495 e. The summed E-state index contributed by atoms with van der Waals surface area (Å²) in [5, 5.41) is 18.2. The van der Waals surface area contributed by atoms with Gasteiger partial charge in [-0.25, -0.2) is 9.97 Å². The van der Waals surface area contributed by atoms with E-state index in [1.54, 1.807) is 7.11 Å². The first-order valence-electron chi connectivity index (χ1n) is 13.3. The van der Waals surface area contributed by atoms with Gasteiger partial charge < -0.3 is 25.7 Å². The van der Waals surface area contributed by atoms with Crippen LogP contribution in [0.15, 0.2) is 30.3 Å². The van der Waals surface area contributed by atoms with Crippen molar-refractivity contribution < 1.29 is 9.53 Å². The molecule has 2 aromatic carbocycles. The van der Waals surface area contributed by atoms with Crippen molar-refractivity contribution in [3.8, 4) is 17.1 Å². The van der Waals surface area contributed by atoms with Crippen LogP contribution in [0.3, 0.4) is 0 Å². The highest BCUT2D eigenvalue weighted by Crippen LogP contribution is 2.32. The van der Waals surface area contributed by atoms with Gasteiger partial charge in [-0.3, -0.25) is 9.20 Å². The number of aromatic amines is 1. The van der Waals surface area contributed by atoms with Crippen LogP contribution >= 0.6 is 0 Å². The summed E-state index contributed by atoms with van der Waals surface area (Å²) in [5.41, 5.74) is 5.95. The molecule has 0 fully saturated rings. The normalized spacial score (nSPS) is 11.5. The summed E-state index contributed by atoms with van der Waals surface area (Å²) >= 11 is 0. The van der Waals surface area contributed by atoms with Crippen LogP contribution in [0.1, 0.15) is 38.9 Å². The second-order valence-corrected chi connectivity index (χ2v) is 10.1. The van der Waals surface area contributed by atoms with Crippen LogP contribution in [0, 0.1) is 12.8 Å². The van der Waals surface area contributed by atoms with Crippen molar-refractivity contribution >= 4 is 45.1 Å². The molecule has 39 heavy (non-hydrogen) atoms. The predicted molar refractivity (Wildman–Crippen MR) is 154 cm³/mol. The summed E-state index contributed by atoms with van der Waals surface area (Å²) in [7, 11) is 3.51. The Kier molecular flexibility index (Phi) is 7.49. The molecule has 0 saturated heterocycles. The molecule has 3 aromatic heterocycles. The van der Waals surface area contributed by atoms with E-state index in [0.29, 0.717) is 36.9 Å². The van der Waals surface area contributed by atoms with E-state index in [4.69, 9.17) is 14.7 Å². The first-order valence-corrected chi connectivity index (χ1v) is 13.3. The zero-order valence-corrected chi connectivity index (χ0v) is 23.1. The Morgan fingerprint density at radius 2 is 1.90 bits per heavy atom. The number of imidazole rings is 1. The lowest BCUT2D eigenvalue weighted by Gasteiger charge is -2.11. The number of anilines is 2. The standard InChI is InChI=1S/C28H35N9O2/c1-16(2)12-25(38)30-10-6-7-11-31-27-28-36-35-17(3)37(28)23-9-8-18(13-21(23)34-27)26-32-19-14-22(29-4)24(39-5)15-20(19)33-26/h8-9,13-16,29H,6-7,10-12H2,1-5H3,(H,30,38)(H,31,34)(H,32,33). The molecule has 5 aromatic rings. The Morgan fingerprint density at radius 3 is 2.67 bits per heavy atom. The summed E-state index contributed by atoms with van der Waals surface area (Å²) in [5.74, 6) is 3.44. The number of carbonyl (C=O) groups is 1. The number of ether oxygens (including phenoxy) is 1. The van der Waals surface area contributed by atoms with Gasteiger partial charge in [0.2, 0.25) is 11.6 Å². The molecular formula is C28H35N9O2. The number of unbranched alkanes of at least 4 members (excludes halogenated alkanes) is 1. The topological polar surface area (TPSA) is 134 Å². The molecule has 11 nitrogen and oxygen atoms in total. The number of carbonyl (C=O) groups excluding carboxylic acids is 1. The molecular weight excluding hydrogens is 494 g/mol. The molecule has 0 saturated carbocycles. The van der Waals surface area contributed by atoms with Gasteiger partial charge in [0.15, 0.2) is 5.82 Å². The monoisotopic (exact) mass is 529 g/mol. The maximum absolute atomic E-state index is 11.8. The van der Waals surface area contributed by atoms with E-state index in [1.807, 2.05) is 62.6 Å². The van der Waals surface area contributed by atoms with Crippen molar-refractivity contribution in [1.29, 1.82) is 0 Å². The van der Waals surface area contributed by atoms with Crippen molar-refractivity contribution in [1.82, 2.24) is 34.9 Å². The molecule has 0 aliphatic rings. The van der Waals surface area contributed by atoms with Gasteiger partial charge in [0.25, 0.3) is 0 Å². The number of hydrogen-bond donors (Lipinski definition) is 4. The van der Waals surface area contributed by atoms with Crippen LogP contribution in [0.25, 0.3) is 39.1 Å². The number of methoxy groups -OCH3 is 1. The van der Waals surface area contributed by atoms with Gasteiger partial charge in [0.05, 0.1) is 34.9 Å². The third-order valence-corrected chi connectivity index (χ3v) is 6.64. The zero-order valence-electron chi connectivity index (χ0n) is 23.1. The molecule has 0 aliphatic heterocycles. The summed E-state index contributed by atoms with van der Waals surface area (Å²) in [6.45, 7) is 7.40. The molecule has 204 valence electrons. The number of benzene rings is 2. The van der Waals surface area contributed by atoms with Crippen LogP contribution in [-0.4, -0.2) is 62.7 Å². The zero-order chi connectivity index (χ0) is 27.5. The lowest BCUT2D eigenvalue weighted by molar-refractivity contribution is -0.121. The molecule has 11 heteroatoms. The number of rotatable bonds is 11. The number of fused-ring (bicyclic) bond motifs is 4. The molecule has 0 aliphatic carbocycles. The lowest BCUT2D eigenvalue weighted by atomic mass is 10.1. The fourth-order valence-corrected chi connectivity index (χ4v) is 4.71. The molecule has 0 atom stereocenters. The first kappa shape index (κ1) is 26.2. The summed E-state index contributed by atoms with van der Waals surface area (Å²) in [6.07, 6.45) is 2.32. The minimum atomic E-state index is 0.108. The number of amides is 1. The smallest absolute Gasteiger partial charge is 0.220 e. The quantitative estimate of drug-likeness (QED) is 0.183. The number of H-pyrrole nitrogens is 1. The third-order valence-electron chi connectivity index (χ3n) is 6.64. The van der Waals surface area contributed by atoms with Gasteiger partial charge in [0, 0.05) is 38.2 Å². The highest BCUT2D eigenvalue weighted by molar-refractivity contribution is 5.89. The fourth-order valence-electron chi connectivity index (χ4n) is 4.71. The highest BCUT2D eigenvalue weighted by Gasteiger charge is 2.15. The first-order chi connectivity index (χ1) is 18.9. The van der Waals surface area contributed by atoms with E-state index in [2.05, 4.69) is 31.1 Å². The van der Waals surface area contributed by atoms with Crippen LogP contribution in [0.4, 0.5) is 11.5 Å². The predicted octanol–water partition coefficient (Wildman–Crippen LogP) is 4.53. The minimum absolute atomic E-state index is 0.108. The number of aromatic nitrogens is 6. The van der Waals surface area contributed by atoms with E-state index in [-0.39, 0.29) is 5.91 Å². The second-order valence-electron chi connectivity index (χ2n) is 10.1. The maximum Gasteiger partial charge on any atom is 0.220 e. The van der Waals surface area contributed by atoms with Crippen molar-refractivity contribution in [3.05, 3.63) is 36.2 Å².